The predicted molar refractivity (Wildman–Crippen MR) is 106 cm³/mol. The summed E-state index contributed by atoms with van der Waals surface area (Å²) < 4.78 is 0. The highest BCUT2D eigenvalue weighted by Crippen LogP contribution is 2.27. The van der Waals surface area contributed by atoms with E-state index in [0.29, 0.717) is 0 Å². The molecule has 1 atom stereocenters. The van der Waals surface area contributed by atoms with Crippen LogP contribution in [-0.4, -0.2) is 30.2 Å². The lowest BCUT2D eigenvalue weighted by Crippen LogP contribution is -2.40. The average molecular weight is 375 g/mol. The molecule has 3 rings (SSSR count). The van der Waals surface area contributed by atoms with Gasteiger partial charge in [-0.1, -0.05) is 41.9 Å². The monoisotopic (exact) mass is 374 g/mol. The number of nitrogens with one attached hydrogen (secondary N) is 1. The second-order valence-electron chi connectivity index (χ2n) is 6.36. The second kappa shape index (κ2) is 8.75. The molecule has 1 fully saturated rings. The molecule has 0 unspecified atom stereocenters. The fourth-order valence-electron chi connectivity index (χ4n) is 3.26. The number of carbonyl (C=O) groups excluding carboxylic acids is 1. The highest BCUT2D eigenvalue weighted by Gasteiger charge is 2.26. The lowest BCUT2D eigenvalue weighted by Gasteiger charge is -2.32. The Morgan fingerprint density at radius 1 is 1.24 bits per heavy atom. The molecule has 1 heterocycles. The van der Waals surface area contributed by atoms with Crippen LogP contribution in [0, 0.1) is 5.92 Å². The van der Waals surface area contributed by atoms with E-state index in [1.54, 1.807) is 11.8 Å². The first-order valence-corrected chi connectivity index (χ1v) is 10.2. The van der Waals surface area contributed by atoms with Gasteiger partial charge in [0.05, 0.1) is 11.6 Å². The molecule has 0 radical (unpaired) electrons. The van der Waals surface area contributed by atoms with Crippen LogP contribution in [0.1, 0.15) is 18.4 Å². The van der Waals surface area contributed by atoms with Crippen LogP contribution in [-0.2, 0) is 11.3 Å². The van der Waals surface area contributed by atoms with Crippen molar-refractivity contribution >= 4 is 35.0 Å². The van der Waals surface area contributed by atoms with E-state index in [1.165, 1.54) is 0 Å². The number of likely N-dealkylation sites (tertiary alicyclic amines) is 1. The average Bonchev–Trinajstić information content (AvgIpc) is 2.64. The molecule has 2 aromatic carbocycles. The summed E-state index contributed by atoms with van der Waals surface area (Å²) in [5.41, 5.74) is 2.03. The molecule has 1 aliphatic rings. The molecule has 1 N–H and O–H groups in total. The molecule has 3 nitrogen and oxygen atoms in total. The molecule has 0 bridgehead atoms. The van der Waals surface area contributed by atoms with E-state index in [0.717, 1.165) is 53.6 Å². The van der Waals surface area contributed by atoms with Gasteiger partial charge in [0.25, 0.3) is 0 Å². The number of hydrogen-bond acceptors (Lipinski definition) is 3. The van der Waals surface area contributed by atoms with Crippen molar-refractivity contribution in [3.8, 4) is 0 Å². The number of hydrogen-bond donors (Lipinski definition) is 1. The second-order valence-corrected chi connectivity index (χ2v) is 7.61. The Hall–Kier alpha value is -1.49. The van der Waals surface area contributed by atoms with E-state index < -0.39 is 0 Å². The lowest BCUT2D eigenvalue weighted by atomic mass is 9.96. The van der Waals surface area contributed by atoms with E-state index in [2.05, 4.69) is 16.3 Å². The first-order chi connectivity index (χ1) is 12.2. The lowest BCUT2D eigenvalue weighted by molar-refractivity contribution is -0.121. The maximum Gasteiger partial charge on any atom is 0.228 e. The van der Waals surface area contributed by atoms with Crippen LogP contribution in [0.25, 0.3) is 0 Å². The zero-order valence-corrected chi connectivity index (χ0v) is 15.9. The van der Waals surface area contributed by atoms with Crippen LogP contribution < -0.4 is 5.32 Å². The van der Waals surface area contributed by atoms with E-state index in [-0.39, 0.29) is 11.8 Å². The Bertz CT molecular complexity index is 737. The number of amides is 1. The number of rotatable bonds is 5. The third kappa shape index (κ3) is 4.78. The van der Waals surface area contributed by atoms with Crippen LogP contribution in [0.3, 0.4) is 0 Å². The van der Waals surface area contributed by atoms with Gasteiger partial charge in [-0.3, -0.25) is 9.69 Å². The van der Waals surface area contributed by atoms with Crippen molar-refractivity contribution in [3.63, 3.8) is 0 Å². The fraction of sp³-hybridized carbons (Fsp3) is 0.350. The summed E-state index contributed by atoms with van der Waals surface area (Å²) >= 11 is 7.92. The minimum absolute atomic E-state index is 0.0196. The maximum atomic E-state index is 12.7. The summed E-state index contributed by atoms with van der Waals surface area (Å²) in [7, 11) is 0. The van der Waals surface area contributed by atoms with Crippen molar-refractivity contribution in [3.05, 3.63) is 59.1 Å². The van der Waals surface area contributed by atoms with Crippen molar-refractivity contribution in [2.75, 3.05) is 24.7 Å². The van der Waals surface area contributed by atoms with Gasteiger partial charge in [0.15, 0.2) is 0 Å². The Labute approximate surface area is 158 Å². The van der Waals surface area contributed by atoms with Gasteiger partial charge in [-0.05, 0) is 49.4 Å². The van der Waals surface area contributed by atoms with Gasteiger partial charge in [0.2, 0.25) is 5.91 Å². The van der Waals surface area contributed by atoms with E-state index >= 15 is 0 Å². The van der Waals surface area contributed by atoms with E-state index in [1.807, 2.05) is 48.7 Å². The summed E-state index contributed by atoms with van der Waals surface area (Å²) in [5.74, 6) is 0.136. The summed E-state index contributed by atoms with van der Waals surface area (Å²) in [6.07, 6.45) is 4.00. The third-order valence-corrected chi connectivity index (χ3v) is 5.76. The van der Waals surface area contributed by atoms with Gasteiger partial charge in [0.1, 0.15) is 0 Å². The van der Waals surface area contributed by atoms with Crippen molar-refractivity contribution in [1.29, 1.82) is 0 Å². The van der Waals surface area contributed by atoms with Crippen molar-refractivity contribution in [2.24, 2.45) is 5.92 Å². The molecule has 132 valence electrons. The quantitative estimate of drug-likeness (QED) is 0.754. The number of carbonyl (C=O) groups is 1. The van der Waals surface area contributed by atoms with Crippen molar-refractivity contribution in [2.45, 2.75) is 24.3 Å². The first-order valence-electron chi connectivity index (χ1n) is 8.57. The number of halogens is 1. The van der Waals surface area contributed by atoms with Gasteiger partial charge < -0.3 is 5.32 Å². The van der Waals surface area contributed by atoms with Gasteiger partial charge in [-0.2, -0.15) is 0 Å². The minimum Gasteiger partial charge on any atom is -0.325 e. The Kier molecular flexibility index (Phi) is 6.40. The van der Waals surface area contributed by atoms with Gasteiger partial charge in [-0.15, -0.1) is 11.8 Å². The molecule has 25 heavy (non-hydrogen) atoms. The number of anilines is 1. The fourth-order valence-corrected chi connectivity index (χ4v) is 4.01. The number of para-hydroxylation sites is 1. The largest absolute Gasteiger partial charge is 0.325 e. The highest BCUT2D eigenvalue weighted by atomic mass is 35.5. The van der Waals surface area contributed by atoms with E-state index in [9.17, 15) is 4.79 Å². The Morgan fingerprint density at radius 2 is 2.00 bits per heavy atom. The molecule has 0 spiro atoms. The zero-order chi connectivity index (χ0) is 17.6. The molecule has 2 aromatic rings. The standard InChI is InChI=1S/C20H23ClN2OS/c1-25-19-11-5-4-10-18(19)22-20(24)16-8-6-12-23(14-16)13-15-7-2-3-9-17(15)21/h2-5,7,9-11,16H,6,8,12-14H2,1H3,(H,22,24)/t16-/m0/s1. The SMILES string of the molecule is CSc1ccccc1NC(=O)[C@H]1CCCN(Cc2ccccc2Cl)C1. The molecule has 5 heteroatoms. The Morgan fingerprint density at radius 3 is 2.80 bits per heavy atom. The molecule has 0 aromatic heterocycles. The first kappa shape index (κ1) is 18.3. The van der Waals surface area contributed by atoms with Crippen LogP contribution in [0.4, 0.5) is 5.69 Å². The number of thioether (sulfide) groups is 1. The molecular formula is C20H23ClN2OS. The van der Waals surface area contributed by atoms with Crippen LogP contribution >= 0.6 is 23.4 Å². The number of piperidine rings is 1. The topological polar surface area (TPSA) is 32.3 Å². The van der Waals surface area contributed by atoms with Crippen LogP contribution in [0.15, 0.2) is 53.4 Å². The van der Waals surface area contributed by atoms with Gasteiger partial charge in [0, 0.05) is 23.0 Å². The molecule has 1 aliphatic heterocycles. The summed E-state index contributed by atoms with van der Waals surface area (Å²) in [6.45, 7) is 2.58. The highest BCUT2D eigenvalue weighted by molar-refractivity contribution is 7.98. The maximum absolute atomic E-state index is 12.7. The van der Waals surface area contributed by atoms with Gasteiger partial charge >= 0.3 is 0 Å². The molecule has 1 saturated heterocycles. The Balaban J connectivity index is 1.63. The van der Waals surface area contributed by atoms with Crippen molar-refractivity contribution in [1.82, 2.24) is 4.90 Å². The number of nitrogens with zero attached hydrogens (tertiary/aromatic N) is 1. The van der Waals surface area contributed by atoms with Crippen molar-refractivity contribution < 1.29 is 4.79 Å². The number of benzene rings is 2. The summed E-state index contributed by atoms with van der Waals surface area (Å²) in [4.78, 5) is 16.2. The zero-order valence-electron chi connectivity index (χ0n) is 14.4. The van der Waals surface area contributed by atoms with Gasteiger partial charge in [-0.25, -0.2) is 0 Å². The smallest absolute Gasteiger partial charge is 0.228 e. The van der Waals surface area contributed by atoms with Crippen LogP contribution in [0.5, 0.6) is 0 Å². The molecule has 0 saturated carbocycles. The predicted octanol–water partition coefficient (Wildman–Crippen LogP) is 4.91. The third-order valence-electron chi connectivity index (χ3n) is 4.59. The minimum atomic E-state index is 0.0196. The van der Waals surface area contributed by atoms with E-state index in [4.69, 9.17) is 11.6 Å². The molecular weight excluding hydrogens is 352 g/mol. The van der Waals surface area contributed by atoms with Crippen LogP contribution in [0.2, 0.25) is 5.02 Å². The normalized spacial score (nSPS) is 18.1. The summed E-state index contributed by atoms with van der Waals surface area (Å²) in [6, 6.07) is 15.9. The molecule has 1 amide bonds. The summed E-state index contributed by atoms with van der Waals surface area (Å²) in [5, 5.41) is 3.91. The molecule has 0 aliphatic carbocycles.